The smallest absolute Gasteiger partial charge is 0.328 e. The van der Waals surface area contributed by atoms with Gasteiger partial charge in [-0.2, -0.15) is 4.37 Å². The van der Waals surface area contributed by atoms with Gasteiger partial charge in [0.15, 0.2) is 4.34 Å². The van der Waals surface area contributed by atoms with Crippen molar-refractivity contribution in [3.63, 3.8) is 0 Å². The van der Waals surface area contributed by atoms with Crippen LogP contribution in [0.1, 0.15) is 17.0 Å². The van der Waals surface area contributed by atoms with Crippen molar-refractivity contribution < 1.29 is 14.6 Å². The van der Waals surface area contributed by atoms with Crippen LogP contribution >= 0.6 is 23.3 Å². The number of carboxylic acid groups (broad SMARTS) is 1. The first-order chi connectivity index (χ1) is 10.1. The highest BCUT2D eigenvalue weighted by Gasteiger charge is 2.07. The molecule has 0 unspecified atom stereocenters. The van der Waals surface area contributed by atoms with E-state index >= 15 is 0 Å². The number of hydrogen-bond donors (Lipinski definition) is 1. The number of carbonyl (C=O) groups is 1. The van der Waals surface area contributed by atoms with E-state index in [-0.39, 0.29) is 0 Å². The first-order valence-corrected chi connectivity index (χ1v) is 7.85. The first-order valence-electron chi connectivity index (χ1n) is 6.09. The Morgan fingerprint density at radius 2 is 2.33 bits per heavy atom. The second kappa shape index (κ2) is 7.24. The van der Waals surface area contributed by atoms with E-state index in [1.165, 1.54) is 11.5 Å². The quantitative estimate of drug-likeness (QED) is 0.650. The Hall–Kier alpha value is -1.86. The first kappa shape index (κ1) is 15.5. The van der Waals surface area contributed by atoms with Gasteiger partial charge >= 0.3 is 5.97 Å². The Balaban J connectivity index is 2.19. The maximum absolute atomic E-state index is 10.7. The summed E-state index contributed by atoms with van der Waals surface area (Å²) in [6.45, 7) is 1.85. The summed E-state index contributed by atoms with van der Waals surface area (Å²) in [5.41, 5.74) is 1.84. The average molecular weight is 322 g/mol. The molecule has 1 heterocycles. The Bertz CT molecular complexity index is 668. The molecule has 1 N–H and O–H groups in total. The lowest BCUT2D eigenvalue weighted by Gasteiger charge is -2.07. The highest BCUT2D eigenvalue weighted by molar-refractivity contribution is 8.00. The summed E-state index contributed by atoms with van der Waals surface area (Å²) in [6, 6.07) is 5.56. The average Bonchev–Trinajstić information content (AvgIpc) is 2.88. The van der Waals surface area contributed by atoms with Crippen LogP contribution in [0.3, 0.4) is 0 Å². The summed E-state index contributed by atoms with van der Waals surface area (Å²) in [7, 11) is 1.60. The highest BCUT2D eigenvalue weighted by atomic mass is 32.2. The van der Waals surface area contributed by atoms with Gasteiger partial charge in [0, 0.05) is 11.8 Å². The molecule has 2 aromatic rings. The number of aliphatic carboxylic acids is 1. The van der Waals surface area contributed by atoms with E-state index in [9.17, 15) is 4.79 Å². The molecule has 0 bridgehead atoms. The van der Waals surface area contributed by atoms with E-state index in [2.05, 4.69) is 9.36 Å². The Morgan fingerprint density at radius 3 is 2.95 bits per heavy atom. The van der Waals surface area contributed by atoms with Gasteiger partial charge in [-0.1, -0.05) is 17.8 Å². The van der Waals surface area contributed by atoms with E-state index in [0.29, 0.717) is 5.75 Å². The summed E-state index contributed by atoms with van der Waals surface area (Å²) < 4.78 is 10.2. The minimum Gasteiger partial charge on any atom is -0.497 e. The van der Waals surface area contributed by atoms with Crippen LogP contribution in [0.25, 0.3) is 6.08 Å². The van der Waals surface area contributed by atoms with Gasteiger partial charge in [-0.25, -0.2) is 9.78 Å². The zero-order chi connectivity index (χ0) is 15.2. The number of nitrogens with zero attached hydrogens (tertiary/aromatic N) is 2. The van der Waals surface area contributed by atoms with Crippen LogP contribution in [-0.2, 0) is 10.5 Å². The molecule has 0 aliphatic carbocycles. The zero-order valence-electron chi connectivity index (χ0n) is 11.6. The van der Waals surface area contributed by atoms with Crippen molar-refractivity contribution in [1.82, 2.24) is 9.36 Å². The van der Waals surface area contributed by atoms with Crippen LogP contribution in [-0.4, -0.2) is 27.5 Å². The summed E-state index contributed by atoms with van der Waals surface area (Å²) in [4.78, 5) is 15.0. The maximum Gasteiger partial charge on any atom is 0.328 e. The zero-order valence-corrected chi connectivity index (χ0v) is 13.2. The van der Waals surface area contributed by atoms with E-state index < -0.39 is 5.97 Å². The lowest BCUT2D eigenvalue weighted by molar-refractivity contribution is -0.131. The molecule has 2 rings (SSSR count). The van der Waals surface area contributed by atoms with Gasteiger partial charge in [0.2, 0.25) is 0 Å². The van der Waals surface area contributed by atoms with Crippen LogP contribution in [0.2, 0.25) is 0 Å². The molecule has 0 saturated heterocycles. The molecule has 21 heavy (non-hydrogen) atoms. The SMILES string of the molecule is COc1ccc(/C=C/C(=O)O)c(CSc2nc(C)ns2)c1. The third-order valence-corrected chi connectivity index (χ3v) is 4.59. The molecule has 0 spiro atoms. The second-order valence-corrected chi connectivity index (χ2v) is 6.11. The molecule has 110 valence electrons. The Labute approximate surface area is 130 Å². The standard InChI is InChI=1S/C14H14N2O3S2/c1-9-15-14(21-16-9)20-8-11-7-12(19-2)5-3-10(11)4-6-13(17)18/h3-7H,8H2,1-2H3,(H,17,18)/b6-4+. The number of thioether (sulfide) groups is 1. The fourth-order valence-electron chi connectivity index (χ4n) is 1.63. The van der Waals surface area contributed by atoms with Crippen molar-refractivity contribution >= 4 is 35.3 Å². The highest BCUT2D eigenvalue weighted by Crippen LogP contribution is 2.28. The maximum atomic E-state index is 10.7. The van der Waals surface area contributed by atoms with Gasteiger partial charge in [-0.05, 0) is 47.8 Å². The van der Waals surface area contributed by atoms with Crippen molar-refractivity contribution in [2.24, 2.45) is 0 Å². The fraction of sp³-hybridized carbons (Fsp3) is 0.214. The predicted molar refractivity (Wildman–Crippen MR) is 83.9 cm³/mol. The third-order valence-electron chi connectivity index (χ3n) is 2.62. The molecule has 0 saturated carbocycles. The van der Waals surface area contributed by atoms with E-state index in [1.807, 2.05) is 25.1 Å². The summed E-state index contributed by atoms with van der Waals surface area (Å²) in [5, 5.41) is 8.74. The minimum atomic E-state index is -0.968. The number of rotatable bonds is 6. The lowest BCUT2D eigenvalue weighted by Crippen LogP contribution is -1.92. The molecule has 7 heteroatoms. The van der Waals surface area contributed by atoms with Crippen molar-refractivity contribution in [3.05, 3.63) is 41.2 Å². The van der Waals surface area contributed by atoms with Gasteiger partial charge in [0.05, 0.1) is 7.11 Å². The molecule has 0 radical (unpaired) electrons. The van der Waals surface area contributed by atoms with Crippen molar-refractivity contribution in [3.8, 4) is 5.75 Å². The molecule has 0 atom stereocenters. The molecule has 0 aliphatic heterocycles. The number of aryl methyl sites for hydroxylation is 1. The van der Waals surface area contributed by atoms with Gasteiger partial charge in [-0.15, -0.1) is 0 Å². The largest absolute Gasteiger partial charge is 0.497 e. The molecule has 0 amide bonds. The molecule has 0 fully saturated rings. The third kappa shape index (κ3) is 4.57. The number of carboxylic acids is 1. The van der Waals surface area contributed by atoms with Crippen molar-refractivity contribution in [2.45, 2.75) is 17.0 Å². The van der Waals surface area contributed by atoms with Crippen LogP contribution in [0.15, 0.2) is 28.6 Å². The normalized spacial score (nSPS) is 11.0. The number of benzene rings is 1. The van der Waals surface area contributed by atoms with E-state index in [0.717, 1.165) is 33.1 Å². The summed E-state index contributed by atoms with van der Waals surface area (Å²) in [5.74, 6) is 1.21. The van der Waals surface area contributed by atoms with Gasteiger partial charge in [0.1, 0.15) is 11.6 Å². The summed E-state index contributed by atoms with van der Waals surface area (Å²) in [6.07, 6.45) is 2.72. The number of ether oxygens (including phenoxy) is 1. The molecule has 1 aromatic carbocycles. The molecule has 5 nitrogen and oxygen atoms in total. The van der Waals surface area contributed by atoms with Gasteiger partial charge in [0.25, 0.3) is 0 Å². The topological polar surface area (TPSA) is 72.3 Å². The number of hydrogen-bond acceptors (Lipinski definition) is 6. The van der Waals surface area contributed by atoms with E-state index in [4.69, 9.17) is 9.84 Å². The predicted octanol–water partition coefficient (Wildman–Crippen LogP) is 3.25. The van der Waals surface area contributed by atoms with Crippen LogP contribution < -0.4 is 4.74 Å². The van der Waals surface area contributed by atoms with Crippen LogP contribution in [0, 0.1) is 6.92 Å². The van der Waals surface area contributed by atoms with Gasteiger partial charge < -0.3 is 9.84 Å². The molecular weight excluding hydrogens is 308 g/mol. The van der Waals surface area contributed by atoms with Crippen molar-refractivity contribution in [1.29, 1.82) is 0 Å². The Morgan fingerprint density at radius 1 is 1.52 bits per heavy atom. The second-order valence-electron chi connectivity index (χ2n) is 4.13. The van der Waals surface area contributed by atoms with Gasteiger partial charge in [-0.3, -0.25) is 0 Å². The van der Waals surface area contributed by atoms with Crippen molar-refractivity contribution in [2.75, 3.05) is 7.11 Å². The van der Waals surface area contributed by atoms with Crippen LogP contribution in [0.4, 0.5) is 0 Å². The molecule has 0 aliphatic rings. The minimum absolute atomic E-state index is 0.672. The monoisotopic (exact) mass is 322 g/mol. The lowest BCUT2D eigenvalue weighted by atomic mass is 10.1. The summed E-state index contributed by atoms with van der Waals surface area (Å²) >= 11 is 2.93. The number of methoxy groups -OCH3 is 1. The van der Waals surface area contributed by atoms with E-state index in [1.54, 1.807) is 24.9 Å². The molecule has 1 aromatic heterocycles. The molecular formula is C14H14N2O3S2. The fourth-order valence-corrected chi connectivity index (χ4v) is 3.28. The Kier molecular flexibility index (Phi) is 5.35. The number of aromatic nitrogens is 2. The van der Waals surface area contributed by atoms with Crippen LogP contribution in [0.5, 0.6) is 5.75 Å².